The van der Waals surface area contributed by atoms with Gasteiger partial charge >= 0.3 is 0 Å². The maximum absolute atomic E-state index is 12.0. The van der Waals surface area contributed by atoms with Gasteiger partial charge in [0.05, 0.1) is 0 Å². The lowest BCUT2D eigenvalue weighted by Gasteiger charge is -2.21. The van der Waals surface area contributed by atoms with Crippen molar-refractivity contribution >= 4 is 23.2 Å². The topological polar surface area (TPSA) is 67.4 Å². The van der Waals surface area contributed by atoms with Crippen LogP contribution < -0.4 is 10.6 Å². The molecule has 1 heterocycles. The average Bonchev–Trinajstić information content (AvgIpc) is 2.41. The summed E-state index contributed by atoms with van der Waals surface area (Å²) in [6, 6.07) is 7.09. The third kappa shape index (κ3) is 4.06. The fourth-order valence-corrected chi connectivity index (χ4v) is 2.04. The molecule has 0 unspecified atom stereocenters. The summed E-state index contributed by atoms with van der Waals surface area (Å²) < 4.78 is 5.23. The fraction of sp³-hybridized carbons (Fsp3) is 0.429. The highest BCUT2D eigenvalue weighted by Crippen LogP contribution is 2.19. The monoisotopic (exact) mass is 262 g/mol. The Morgan fingerprint density at radius 2 is 1.58 bits per heavy atom. The number of carbonyl (C=O) groups excluding carboxylic acids is 2. The second kappa shape index (κ2) is 6.33. The Balaban J connectivity index is 1.91. The molecule has 1 aromatic rings. The Kier molecular flexibility index (Phi) is 4.52. The van der Waals surface area contributed by atoms with Gasteiger partial charge in [0.15, 0.2) is 0 Å². The number of benzene rings is 1. The smallest absolute Gasteiger partial charge is 0.227 e. The minimum Gasteiger partial charge on any atom is -0.381 e. The third-order valence-corrected chi connectivity index (χ3v) is 3.06. The lowest BCUT2D eigenvalue weighted by atomic mass is 9.99. The van der Waals surface area contributed by atoms with Crippen molar-refractivity contribution in [3.8, 4) is 0 Å². The van der Waals surface area contributed by atoms with E-state index in [1.165, 1.54) is 6.92 Å². The Morgan fingerprint density at radius 3 is 2.11 bits per heavy atom. The zero-order chi connectivity index (χ0) is 13.7. The molecule has 5 heteroatoms. The Labute approximate surface area is 112 Å². The molecule has 0 bridgehead atoms. The second-order valence-electron chi connectivity index (χ2n) is 4.63. The largest absolute Gasteiger partial charge is 0.381 e. The van der Waals surface area contributed by atoms with Gasteiger partial charge in [0, 0.05) is 37.4 Å². The van der Waals surface area contributed by atoms with Crippen molar-refractivity contribution < 1.29 is 14.3 Å². The zero-order valence-electron chi connectivity index (χ0n) is 10.9. The van der Waals surface area contributed by atoms with E-state index in [0.29, 0.717) is 13.2 Å². The van der Waals surface area contributed by atoms with Crippen molar-refractivity contribution in [2.45, 2.75) is 19.8 Å². The number of hydrogen-bond donors (Lipinski definition) is 2. The number of hydrogen-bond acceptors (Lipinski definition) is 3. The van der Waals surface area contributed by atoms with Gasteiger partial charge in [-0.05, 0) is 37.1 Å². The number of ether oxygens (including phenoxy) is 1. The van der Waals surface area contributed by atoms with Crippen LogP contribution in [0.4, 0.5) is 11.4 Å². The molecule has 0 spiro atoms. The minimum absolute atomic E-state index is 0.0313. The molecular formula is C14H18N2O3. The van der Waals surface area contributed by atoms with E-state index < -0.39 is 0 Å². The Morgan fingerprint density at radius 1 is 1.05 bits per heavy atom. The van der Waals surface area contributed by atoms with Crippen LogP contribution in [-0.4, -0.2) is 25.0 Å². The molecule has 0 aromatic heterocycles. The molecule has 19 heavy (non-hydrogen) atoms. The Bertz CT molecular complexity index is 450. The van der Waals surface area contributed by atoms with Gasteiger partial charge < -0.3 is 15.4 Å². The highest BCUT2D eigenvalue weighted by molar-refractivity contribution is 5.93. The molecule has 5 nitrogen and oxygen atoms in total. The number of rotatable bonds is 3. The van der Waals surface area contributed by atoms with Crippen molar-refractivity contribution in [2.75, 3.05) is 23.8 Å². The van der Waals surface area contributed by atoms with Crippen LogP contribution in [-0.2, 0) is 14.3 Å². The van der Waals surface area contributed by atoms with Crippen LogP contribution in [0.5, 0.6) is 0 Å². The van der Waals surface area contributed by atoms with Gasteiger partial charge in [0.2, 0.25) is 11.8 Å². The van der Waals surface area contributed by atoms with Crippen LogP contribution in [0.15, 0.2) is 24.3 Å². The predicted molar refractivity (Wildman–Crippen MR) is 72.9 cm³/mol. The van der Waals surface area contributed by atoms with Crippen molar-refractivity contribution in [1.82, 2.24) is 0 Å². The maximum atomic E-state index is 12.0. The van der Waals surface area contributed by atoms with Crippen LogP contribution in [0.2, 0.25) is 0 Å². The van der Waals surface area contributed by atoms with Gasteiger partial charge in [-0.3, -0.25) is 9.59 Å². The molecule has 0 atom stereocenters. The lowest BCUT2D eigenvalue weighted by Crippen LogP contribution is -2.28. The highest BCUT2D eigenvalue weighted by atomic mass is 16.5. The van der Waals surface area contributed by atoms with E-state index in [1.54, 1.807) is 24.3 Å². The fourth-order valence-electron chi connectivity index (χ4n) is 2.04. The molecule has 1 aromatic carbocycles. The summed E-state index contributed by atoms with van der Waals surface area (Å²) in [6.45, 7) is 2.76. The average molecular weight is 262 g/mol. The summed E-state index contributed by atoms with van der Waals surface area (Å²) in [6.07, 6.45) is 1.55. The molecule has 102 valence electrons. The summed E-state index contributed by atoms with van der Waals surface area (Å²) in [5.74, 6) is -0.0432. The first kappa shape index (κ1) is 13.5. The summed E-state index contributed by atoms with van der Waals surface area (Å²) in [5.41, 5.74) is 1.46. The highest BCUT2D eigenvalue weighted by Gasteiger charge is 2.21. The van der Waals surface area contributed by atoms with Crippen LogP contribution in [0, 0.1) is 5.92 Å². The third-order valence-electron chi connectivity index (χ3n) is 3.06. The molecule has 0 saturated carbocycles. The second-order valence-corrected chi connectivity index (χ2v) is 4.63. The summed E-state index contributed by atoms with van der Waals surface area (Å²) in [5, 5.41) is 5.57. The van der Waals surface area contributed by atoms with E-state index in [4.69, 9.17) is 4.74 Å². The van der Waals surface area contributed by atoms with Crippen molar-refractivity contribution in [2.24, 2.45) is 5.92 Å². The number of amides is 2. The quantitative estimate of drug-likeness (QED) is 0.875. The number of nitrogens with one attached hydrogen (secondary N) is 2. The first-order valence-electron chi connectivity index (χ1n) is 6.41. The van der Waals surface area contributed by atoms with Crippen molar-refractivity contribution in [3.05, 3.63) is 24.3 Å². The van der Waals surface area contributed by atoms with Gasteiger partial charge in [-0.1, -0.05) is 0 Å². The molecule has 2 rings (SSSR count). The summed E-state index contributed by atoms with van der Waals surface area (Å²) in [7, 11) is 0. The van der Waals surface area contributed by atoms with Crippen LogP contribution in [0.3, 0.4) is 0 Å². The van der Waals surface area contributed by atoms with Gasteiger partial charge in [-0.2, -0.15) is 0 Å². The maximum Gasteiger partial charge on any atom is 0.227 e. The number of carbonyl (C=O) groups is 2. The van der Waals surface area contributed by atoms with Gasteiger partial charge in [-0.25, -0.2) is 0 Å². The predicted octanol–water partition coefficient (Wildman–Crippen LogP) is 2.01. The molecule has 1 aliphatic rings. The molecular weight excluding hydrogens is 244 g/mol. The van der Waals surface area contributed by atoms with Gasteiger partial charge in [-0.15, -0.1) is 0 Å². The van der Waals surface area contributed by atoms with Crippen LogP contribution in [0.1, 0.15) is 19.8 Å². The van der Waals surface area contributed by atoms with Crippen molar-refractivity contribution in [3.63, 3.8) is 0 Å². The van der Waals surface area contributed by atoms with E-state index in [9.17, 15) is 9.59 Å². The molecule has 2 amide bonds. The first-order valence-corrected chi connectivity index (χ1v) is 6.41. The molecule has 1 fully saturated rings. The summed E-state index contributed by atoms with van der Waals surface area (Å²) in [4.78, 5) is 22.9. The number of anilines is 2. The molecule has 1 saturated heterocycles. The van der Waals surface area contributed by atoms with Crippen LogP contribution >= 0.6 is 0 Å². The van der Waals surface area contributed by atoms with E-state index in [0.717, 1.165) is 24.2 Å². The van der Waals surface area contributed by atoms with E-state index in [-0.39, 0.29) is 17.7 Å². The molecule has 0 radical (unpaired) electrons. The molecule has 2 N–H and O–H groups in total. The standard InChI is InChI=1S/C14H18N2O3/c1-10(17)15-12-2-4-13(5-3-12)16-14(18)11-6-8-19-9-7-11/h2-5,11H,6-9H2,1H3,(H,15,17)(H,16,18). The van der Waals surface area contributed by atoms with Gasteiger partial charge in [0.25, 0.3) is 0 Å². The van der Waals surface area contributed by atoms with Crippen LogP contribution in [0.25, 0.3) is 0 Å². The minimum atomic E-state index is -0.112. The summed E-state index contributed by atoms with van der Waals surface area (Å²) >= 11 is 0. The zero-order valence-corrected chi connectivity index (χ0v) is 10.9. The molecule has 1 aliphatic heterocycles. The SMILES string of the molecule is CC(=O)Nc1ccc(NC(=O)C2CCOCC2)cc1. The van der Waals surface area contributed by atoms with E-state index >= 15 is 0 Å². The van der Waals surface area contributed by atoms with E-state index in [1.807, 2.05) is 0 Å². The Hall–Kier alpha value is -1.88. The lowest BCUT2D eigenvalue weighted by molar-refractivity contribution is -0.122. The first-order chi connectivity index (χ1) is 9.15. The molecule has 0 aliphatic carbocycles. The normalized spacial score (nSPS) is 15.8. The van der Waals surface area contributed by atoms with Crippen molar-refractivity contribution in [1.29, 1.82) is 0 Å². The van der Waals surface area contributed by atoms with Gasteiger partial charge in [0.1, 0.15) is 0 Å². The van der Waals surface area contributed by atoms with E-state index in [2.05, 4.69) is 10.6 Å².